The van der Waals surface area contributed by atoms with E-state index in [0.717, 1.165) is 0 Å². The number of carbonyl (C=O) groups excluding carboxylic acids is 1. The Labute approximate surface area is 123 Å². The van der Waals surface area contributed by atoms with Crippen molar-refractivity contribution in [3.05, 3.63) is 18.2 Å². The fraction of sp³-hybridized carbons (Fsp3) is 0.462. The van der Waals surface area contributed by atoms with Gasteiger partial charge in [-0.2, -0.15) is 4.31 Å². The molecular weight excluding hydrogens is 296 g/mol. The number of methoxy groups -OCH3 is 2. The summed E-state index contributed by atoms with van der Waals surface area (Å²) in [4.78, 5) is 11.4. The molecule has 116 valence electrons. The fourth-order valence-electron chi connectivity index (χ4n) is 2.11. The Balaban J connectivity index is 2.32. The van der Waals surface area contributed by atoms with Gasteiger partial charge in [0.2, 0.25) is 15.9 Å². The van der Waals surface area contributed by atoms with Gasteiger partial charge in [0.25, 0.3) is 0 Å². The summed E-state index contributed by atoms with van der Waals surface area (Å²) >= 11 is 0. The van der Waals surface area contributed by atoms with Crippen molar-refractivity contribution in [1.82, 2.24) is 9.62 Å². The van der Waals surface area contributed by atoms with E-state index in [4.69, 9.17) is 9.47 Å². The molecule has 0 atom stereocenters. The van der Waals surface area contributed by atoms with Crippen LogP contribution in [0.5, 0.6) is 11.5 Å². The fourth-order valence-corrected chi connectivity index (χ4v) is 3.57. The zero-order valence-corrected chi connectivity index (χ0v) is 12.8. The third-order valence-electron chi connectivity index (χ3n) is 3.26. The molecule has 8 heteroatoms. The van der Waals surface area contributed by atoms with Gasteiger partial charge < -0.3 is 14.8 Å². The number of hydrogen-bond donors (Lipinski definition) is 1. The molecule has 1 fully saturated rings. The SMILES string of the molecule is COc1ccc(S(=O)(=O)N2CCNC(=O)CC2)cc1OC. The number of rotatable bonds is 4. The van der Waals surface area contributed by atoms with Gasteiger partial charge in [0.05, 0.1) is 19.1 Å². The van der Waals surface area contributed by atoms with Gasteiger partial charge >= 0.3 is 0 Å². The molecule has 1 heterocycles. The highest BCUT2D eigenvalue weighted by Crippen LogP contribution is 2.30. The number of nitrogens with zero attached hydrogens (tertiary/aromatic N) is 1. The summed E-state index contributed by atoms with van der Waals surface area (Å²) in [6.45, 7) is 0.732. The molecular formula is C13H18N2O5S. The highest BCUT2D eigenvalue weighted by atomic mass is 32.2. The summed E-state index contributed by atoms with van der Waals surface area (Å²) in [6, 6.07) is 4.44. The van der Waals surface area contributed by atoms with Crippen molar-refractivity contribution >= 4 is 15.9 Å². The second-order valence-electron chi connectivity index (χ2n) is 4.52. The van der Waals surface area contributed by atoms with E-state index in [1.54, 1.807) is 6.07 Å². The number of nitrogens with one attached hydrogen (secondary N) is 1. The van der Waals surface area contributed by atoms with Crippen LogP contribution >= 0.6 is 0 Å². The van der Waals surface area contributed by atoms with E-state index in [9.17, 15) is 13.2 Å². The summed E-state index contributed by atoms with van der Waals surface area (Å²) in [5.74, 6) is 0.673. The molecule has 1 amide bonds. The quantitative estimate of drug-likeness (QED) is 0.859. The third kappa shape index (κ3) is 3.27. The smallest absolute Gasteiger partial charge is 0.243 e. The zero-order valence-electron chi connectivity index (χ0n) is 12.0. The van der Waals surface area contributed by atoms with Crippen molar-refractivity contribution < 1.29 is 22.7 Å². The average molecular weight is 314 g/mol. The largest absolute Gasteiger partial charge is 0.493 e. The van der Waals surface area contributed by atoms with Crippen molar-refractivity contribution in [1.29, 1.82) is 0 Å². The van der Waals surface area contributed by atoms with E-state index >= 15 is 0 Å². The number of carbonyl (C=O) groups is 1. The average Bonchev–Trinajstić information content (AvgIpc) is 2.71. The van der Waals surface area contributed by atoms with E-state index in [0.29, 0.717) is 18.0 Å². The van der Waals surface area contributed by atoms with E-state index in [-0.39, 0.29) is 30.3 Å². The minimum atomic E-state index is -3.66. The summed E-state index contributed by atoms with van der Waals surface area (Å²) in [5.41, 5.74) is 0. The number of benzene rings is 1. The molecule has 0 aliphatic carbocycles. The predicted octanol–water partition coefficient (Wildman–Crippen LogP) is 0.214. The number of sulfonamides is 1. The first-order valence-electron chi connectivity index (χ1n) is 6.48. The van der Waals surface area contributed by atoms with Crippen LogP contribution in [0.2, 0.25) is 0 Å². The lowest BCUT2D eigenvalue weighted by Gasteiger charge is -2.20. The summed E-state index contributed by atoms with van der Waals surface area (Å²) in [5, 5.41) is 2.65. The maximum Gasteiger partial charge on any atom is 0.243 e. The maximum atomic E-state index is 12.6. The molecule has 1 aromatic rings. The first-order chi connectivity index (χ1) is 9.98. The van der Waals surface area contributed by atoms with Crippen LogP contribution in [0.25, 0.3) is 0 Å². The first-order valence-corrected chi connectivity index (χ1v) is 7.92. The zero-order chi connectivity index (χ0) is 15.5. The first kappa shape index (κ1) is 15.6. The molecule has 7 nitrogen and oxygen atoms in total. The molecule has 1 N–H and O–H groups in total. The van der Waals surface area contributed by atoms with Crippen molar-refractivity contribution in [2.45, 2.75) is 11.3 Å². The number of ether oxygens (including phenoxy) is 2. The topological polar surface area (TPSA) is 84.9 Å². The monoisotopic (exact) mass is 314 g/mol. The lowest BCUT2D eigenvalue weighted by atomic mass is 10.3. The highest BCUT2D eigenvalue weighted by Gasteiger charge is 2.27. The number of hydrogen-bond acceptors (Lipinski definition) is 5. The van der Waals surface area contributed by atoms with Gasteiger partial charge in [0, 0.05) is 32.1 Å². The van der Waals surface area contributed by atoms with Gasteiger partial charge in [-0.1, -0.05) is 0 Å². The Morgan fingerprint density at radius 1 is 1.14 bits per heavy atom. The maximum absolute atomic E-state index is 12.6. The van der Waals surface area contributed by atoms with E-state index < -0.39 is 10.0 Å². The van der Waals surface area contributed by atoms with Crippen molar-refractivity contribution in [3.63, 3.8) is 0 Å². The minimum absolute atomic E-state index is 0.120. The van der Waals surface area contributed by atoms with Crippen LogP contribution in [0.1, 0.15) is 6.42 Å². The van der Waals surface area contributed by atoms with Crippen LogP contribution in [0.4, 0.5) is 0 Å². The second kappa shape index (κ2) is 6.31. The van der Waals surface area contributed by atoms with Crippen LogP contribution in [-0.2, 0) is 14.8 Å². The van der Waals surface area contributed by atoms with Crippen LogP contribution in [0, 0.1) is 0 Å². The van der Waals surface area contributed by atoms with Gasteiger partial charge in [-0.15, -0.1) is 0 Å². The van der Waals surface area contributed by atoms with Gasteiger partial charge in [-0.05, 0) is 12.1 Å². The molecule has 1 aliphatic heterocycles. The van der Waals surface area contributed by atoms with E-state index in [2.05, 4.69) is 5.32 Å². The number of amides is 1. The van der Waals surface area contributed by atoms with Crippen LogP contribution in [-0.4, -0.2) is 52.5 Å². The molecule has 0 radical (unpaired) electrons. The summed E-state index contributed by atoms with van der Waals surface area (Å²) in [7, 11) is -0.729. The van der Waals surface area contributed by atoms with Crippen LogP contribution < -0.4 is 14.8 Å². The molecule has 2 rings (SSSR count). The van der Waals surface area contributed by atoms with E-state index in [1.165, 1.54) is 30.7 Å². The molecule has 1 saturated heterocycles. The lowest BCUT2D eigenvalue weighted by Crippen LogP contribution is -2.34. The van der Waals surface area contributed by atoms with Gasteiger partial charge in [0.15, 0.2) is 11.5 Å². The van der Waals surface area contributed by atoms with Crippen molar-refractivity contribution in [2.24, 2.45) is 0 Å². The van der Waals surface area contributed by atoms with Gasteiger partial charge in [-0.3, -0.25) is 4.79 Å². The van der Waals surface area contributed by atoms with E-state index in [1.807, 2.05) is 0 Å². The normalized spacial score (nSPS) is 17.0. The molecule has 21 heavy (non-hydrogen) atoms. The van der Waals surface area contributed by atoms with Crippen molar-refractivity contribution in [3.8, 4) is 11.5 Å². The summed E-state index contributed by atoms with van der Waals surface area (Å²) in [6.07, 6.45) is 0.159. The third-order valence-corrected chi connectivity index (χ3v) is 5.16. The standard InChI is InChI=1S/C13H18N2O5S/c1-19-11-4-3-10(9-12(11)20-2)21(17,18)15-7-5-13(16)14-6-8-15/h3-4,9H,5-8H2,1-2H3,(H,14,16). The molecule has 0 bridgehead atoms. The molecule has 0 unspecified atom stereocenters. The van der Waals surface area contributed by atoms with Crippen LogP contribution in [0.15, 0.2) is 23.1 Å². The Morgan fingerprint density at radius 2 is 1.86 bits per heavy atom. The summed E-state index contributed by atoms with van der Waals surface area (Å²) < 4.78 is 36.7. The van der Waals surface area contributed by atoms with Crippen LogP contribution in [0.3, 0.4) is 0 Å². The van der Waals surface area contributed by atoms with Crippen molar-refractivity contribution in [2.75, 3.05) is 33.9 Å². The Hall–Kier alpha value is -1.80. The molecule has 1 aliphatic rings. The Kier molecular flexibility index (Phi) is 4.69. The Morgan fingerprint density at radius 3 is 2.52 bits per heavy atom. The predicted molar refractivity (Wildman–Crippen MR) is 75.9 cm³/mol. The van der Waals surface area contributed by atoms with Gasteiger partial charge in [-0.25, -0.2) is 8.42 Å². The molecule has 0 aromatic heterocycles. The van der Waals surface area contributed by atoms with Gasteiger partial charge in [0.1, 0.15) is 0 Å². The Bertz CT molecular complexity index is 629. The molecule has 0 spiro atoms. The lowest BCUT2D eigenvalue weighted by molar-refractivity contribution is -0.120. The second-order valence-corrected chi connectivity index (χ2v) is 6.46. The molecule has 0 saturated carbocycles. The molecule has 1 aromatic carbocycles. The minimum Gasteiger partial charge on any atom is -0.493 e. The highest BCUT2D eigenvalue weighted by molar-refractivity contribution is 7.89.